The minimum absolute atomic E-state index is 0.831. The van der Waals surface area contributed by atoms with Crippen molar-refractivity contribution in [1.29, 1.82) is 0 Å². The molecule has 0 saturated carbocycles. The molecule has 5 nitrogen and oxygen atoms in total. The third kappa shape index (κ3) is 4.85. The number of hydrogen-bond acceptors (Lipinski definition) is 5. The minimum atomic E-state index is 0.831. The second-order valence-corrected chi connectivity index (χ2v) is 15.2. The molecular formula is C54H30N2O3. The van der Waals surface area contributed by atoms with E-state index >= 15 is 0 Å². The van der Waals surface area contributed by atoms with Crippen molar-refractivity contribution in [3.63, 3.8) is 0 Å². The van der Waals surface area contributed by atoms with E-state index in [1.165, 1.54) is 0 Å². The smallest absolute Gasteiger partial charge is 0.144 e. The third-order valence-corrected chi connectivity index (χ3v) is 11.9. The van der Waals surface area contributed by atoms with Crippen molar-refractivity contribution in [3.8, 4) is 44.8 Å². The molecule has 0 aliphatic heterocycles. The Morgan fingerprint density at radius 2 is 0.661 bits per heavy atom. The van der Waals surface area contributed by atoms with Gasteiger partial charge in [0.25, 0.3) is 0 Å². The van der Waals surface area contributed by atoms with E-state index in [1.54, 1.807) is 0 Å². The highest BCUT2D eigenvalue weighted by Crippen LogP contribution is 2.42. The van der Waals surface area contributed by atoms with Crippen molar-refractivity contribution < 1.29 is 13.3 Å². The number of furan rings is 3. The summed E-state index contributed by atoms with van der Waals surface area (Å²) in [4.78, 5) is 10.8. The summed E-state index contributed by atoms with van der Waals surface area (Å²) in [6.07, 6.45) is 0. The van der Waals surface area contributed by atoms with E-state index in [2.05, 4.69) is 140 Å². The predicted octanol–water partition coefficient (Wildman–Crippen LogP) is 15.1. The van der Waals surface area contributed by atoms with E-state index in [0.29, 0.717) is 0 Å². The first-order valence-electron chi connectivity index (χ1n) is 19.8. The van der Waals surface area contributed by atoms with Crippen LogP contribution < -0.4 is 0 Å². The first-order valence-corrected chi connectivity index (χ1v) is 19.8. The van der Waals surface area contributed by atoms with E-state index < -0.39 is 0 Å². The molecule has 13 rings (SSSR count). The summed E-state index contributed by atoms with van der Waals surface area (Å²) in [5.74, 6) is 0. The molecule has 0 amide bonds. The zero-order chi connectivity index (χ0) is 38.6. The molecular weight excluding hydrogens is 725 g/mol. The Hall–Kier alpha value is -8.02. The molecule has 0 spiro atoms. The molecule has 0 N–H and O–H groups in total. The largest absolute Gasteiger partial charge is 0.455 e. The van der Waals surface area contributed by atoms with Gasteiger partial charge in [-0.15, -0.1) is 0 Å². The molecule has 0 bridgehead atoms. The maximum absolute atomic E-state index is 6.59. The standard InChI is InChI=1S/C54H30N2O3/c1-4-19-47-38(10-1)41-15-7-13-36(52(41)57-47)33-28-34(37-14-8-16-42-39-11-2-5-20-48(39)58-53(37)42)30-35(29-33)45-26-24-31-22-23-32-25-27-46(56-51(32)50(31)55-45)44-18-9-17-43-40-12-3-6-21-49(40)59-54(43)44/h1-30H. The van der Waals surface area contributed by atoms with Crippen molar-refractivity contribution in [3.05, 3.63) is 182 Å². The van der Waals surface area contributed by atoms with Crippen LogP contribution in [-0.2, 0) is 0 Å². The average Bonchev–Trinajstić information content (AvgIpc) is 4.00. The Labute approximate surface area is 336 Å². The number of rotatable bonds is 4. The van der Waals surface area contributed by atoms with Crippen LogP contribution in [0.3, 0.4) is 0 Å². The first kappa shape index (κ1) is 32.1. The molecule has 0 saturated heterocycles. The predicted molar refractivity (Wildman–Crippen MR) is 241 cm³/mol. The maximum atomic E-state index is 6.59. The highest BCUT2D eigenvalue weighted by atomic mass is 16.3. The molecule has 5 heterocycles. The zero-order valence-electron chi connectivity index (χ0n) is 31.4. The van der Waals surface area contributed by atoms with E-state index in [0.717, 1.165) is 132 Å². The van der Waals surface area contributed by atoms with Gasteiger partial charge in [-0.2, -0.15) is 0 Å². The van der Waals surface area contributed by atoms with E-state index in [1.807, 2.05) is 42.5 Å². The number of para-hydroxylation sites is 6. The monoisotopic (exact) mass is 754 g/mol. The number of benzene rings is 8. The number of aromatic nitrogens is 2. The van der Waals surface area contributed by atoms with E-state index in [9.17, 15) is 0 Å². The molecule has 274 valence electrons. The number of fused-ring (bicyclic) bond motifs is 12. The van der Waals surface area contributed by atoms with Gasteiger partial charge in [0.05, 0.1) is 22.4 Å². The molecule has 0 aliphatic carbocycles. The summed E-state index contributed by atoms with van der Waals surface area (Å²) in [7, 11) is 0. The molecule has 5 aromatic heterocycles. The van der Waals surface area contributed by atoms with Crippen LogP contribution >= 0.6 is 0 Å². The van der Waals surface area contributed by atoms with Gasteiger partial charge in [0, 0.05) is 65.3 Å². The summed E-state index contributed by atoms with van der Waals surface area (Å²) in [5, 5.41) is 8.56. The average molecular weight is 755 g/mol. The molecule has 0 aliphatic rings. The topological polar surface area (TPSA) is 65.2 Å². The molecule has 5 heteroatoms. The lowest BCUT2D eigenvalue weighted by atomic mass is 9.93. The number of hydrogen-bond donors (Lipinski definition) is 0. The van der Waals surface area contributed by atoms with Gasteiger partial charge < -0.3 is 13.3 Å². The van der Waals surface area contributed by atoms with Crippen molar-refractivity contribution in [2.45, 2.75) is 0 Å². The summed E-state index contributed by atoms with van der Waals surface area (Å²) in [6.45, 7) is 0. The van der Waals surface area contributed by atoms with Gasteiger partial charge in [0.15, 0.2) is 0 Å². The lowest BCUT2D eigenvalue weighted by Gasteiger charge is -2.13. The first-order chi connectivity index (χ1) is 29.2. The molecule has 0 radical (unpaired) electrons. The molecule has 0 atom stereocenters. The van der Waals surface area contributed by atoms with Crippen molar-refractivity contribution in [2.24, 2.45) is 0 Å². The van der Waals surface area contributed by atoms with Crippen molar-refractivity contribution in [1.82, 2.24) is 9.97 Å². The summed E-state index contributed by atoms with van der Waals surface area (Å²) in [6, 6.07) is 63.1. The molecule has 59 heavy (non-hydrogen) atoms. The van der Waals surface area contributed by atoms with Gasteiger partial charge in [-0.1, -0.05) is 127 Å². The van der Waals surface area contributed by atoms with Crippen LogP contribution in [0, 0.1) is 0 Å². The second-order valence-electron chi connectivity index (χ2n) is 15.2. The Kier molecular flexibility index (Phi) is 6.66. The Morgan fingerprint density at radius 3 is 1.17 bits per heavy atom. The zero-order valence-corrected chi connectivity index (χ0v) is 31.4. The lowest BCUT2D eigenvalue weighted by Crippen LogP contribution is -1.92. The quantitative estimate of drug-likeness (QED) is 0.167. The molecule has 8 aromatic carbocycles. The highest BCUT2D eigenvalue weighted by Gasteiger charge is 2.19. The van der Waals surface area contributed by atoms with Crippen LogP contribution in [0.2, 0.25) is 0 Å². The van der Waals surface area contributed by atoms with Gasteiger partial charge in [-0.3, -0.25) is 0 Å². The molecule has 0 unspecified atom stereocenters. The Balaban J connectivity index is 1.04. The maximum Gasteiger partial charge on any atom is 0.144 e. The Morgan fingerprint density at radius 1 is 0.288 bits per heavy atom. The fourth-order valence-corrected chi connectivity index (χ4v) is 9.06. The van der Waals surface area contributed by atoms with Crippen molar-refractivity contribution >= 4 is 87.6 Å². The van der Waals surface area contributed by atoms with Gasteiger partial charge in [-0.05, 0) is 65.7 Å². The van der Waals surface area contributed by atoms with Crippen LogP contribution in [0.25, 0.3) is 132 Å². The lowest BCUT2D eigenvalue weighted by molar-refractivity contribution is 0.669. The highest BCUT2D eigenvalue weighted by molar-refractivity contribution is 6.13. The fraction of sp³-hybridized carbons (Fsp3) is 0. The normalized spacial score (nSPS) is 12.1. The van der Waals surface area contributed by atoms with E-state index in [4.69, 9.17) is 23.2 Å². The van der Waals surface area contributed by atoms with Crippen LogP contribution in [0.4, 0.5) is 0 Å². The van der Waals surface area contributed by atoms with Crippen LogP contribution in [0.5, 0.6) is 0 Å². The third-order valence-electron chi connectivity index (χ3n) is 11.9. The molecule has 13 aromatic rings. The van der Waals surface area contributed by atoms with Crippen LogP contribution in [-0.4, -0.2) is 9.97 Å². The minimum Gasteiger partial charge on any atom is -0.455 e. The fourth-order valence-electron chi connectivity index (χ4n) is 9.06. The van der Waals surface area contributed by atoms with Gasteiger partial charge >= 0.3 is 0 Å². The summed E-state index contributed by atoms with van der Waals surface area (Å²) in [5.41, 5.74) is 14.5. The molecule has 0 fully saturated rings. The van der Waals surface area contributed by atoms with Crippen LogP contribution in [0.15, 0.2) is 195 Å². The number of nitrogens with zero attached hydrogens (tertiary/aromatic N) is 2. The van der Waals surface area contributed by atoms with Gasteiger partial charge in [0.2, 0.25) is 0 Å². The van der Waals surface area contributed by atoms with Crippen molar-refractivity contribution in [2.75, 3.05) is 0 Å². The second kappa shape index (κ2) is 12.2. The van der Waals surface area contributed by atoms with Crippen LogP contribution in [0.1, 0.15) is 0 Å². The van der Waals surface area contributed by atoms with Gasteiger partial charge in [0.1, 0.15) is 33.5 Å². The summed E-state index contributed by atoms with van der Waals surface area (Å²) < 4.78 is 19.6. The van der Waals surface area contributed by atoms with E-state index in [-0.39, 0.29) is 0 Å². The summed E-state index contributed by atoms with van der Waals surface area (Å²) >= 11 is 0. The SMILES string of the molecule is c1ccc2c(c1)oc1c(-c3cc(-c4ccc5ccc6ccc(-c7cccc8c7oc7ccccc78)nc6c5n4)cc(-c4cccc5c4oc4ccccc45)c3)cccc12. The number of pyridine rings is 2. The van der Waals surface area contributed by atoms with Gasteiger partial charge in [-0.25, -0.2) is 9.97 Å². The Bertz CT molecular complexity index is 3740.